The highest BCUT2D eigenvalue weighted by Crippen LogP contribution is 2.27. The van der Waals surface area contributed by atoms with Gasteiger partial charge >= 0.3 is 6.03 Å². The van der Waals surface area contributed by atoms with E-state index in [2.05, 4.69) is 10.3 Å². The van der Waals surface area contributed by atoms with Crippen molar-refractivity contribution in [2.45, 2.75) is 49.6 Å². The molecule has 5 heteroatoms. The van der Waals surface area contributed by atoms with Gasteiger partial charge in [0.25, 0.3) is 0 Å². The Balaban J connectivity index is 1.78. The fourth-order valence-corrected chi connectivity index (χ4v) is 3.91. The molecule has 1 aromatic carbocycles. The first-order valence-electron chi connectivity index (χ1n) is 8.88. The Morgan fingerprint density at radius 3 is 2.64 bits per heavy atom. The Labute approximate surface area is 154 Å². The number of benzene rings is 1. The van der Waals surface area contributed by atoms with Crippen LogP contribution in [0.1, 0.15) is 37.8 Å². The van der Waals surface area contributed by atoms with Crippen molar-refractivity contribution in [2.24, 2.45) is 0 Å². The Morgan fingerprint density at radius 2 is 1.92 bits per heavy atom. The summed E-state index contributed by atoms with van der Waals surface area (Å²) in [7, 11) is 0. The highest BCUT2D eigenvalue weighted by atomic mass is 32.2. The number of para-hydroxylation sites is 1. The zero-order valence-corrected chi connectivity index (χ0v) is 15.5. The molecule has 2 aromatic rings. The monoisotopic (exact) mass is 355 g/mol. The van der Waals surface area contributed by atoms with Gasteiger partial charge in [-0.25, -0.2) is 4.79 Å². The summed E-state index contributed by atoms with van der Waals surface area (Å²) in [6.07, 6.45) is 9.61. The molecule has 4 nitrogen and oxygen atoms in total. The van der Waals surface area contributed by atoms with E-state index in [0.717, 1.165) is 29.1 Å². The number of anilines is 1. The van der Waals surface area contributed by atoms with Gasteiger partial charge in [0.1, 0.15) is 0 Å². The number of pyridine rings is 1. The van der Waals surface area contributed by atoms with Gasteiger partial charge in [-0.1, -0.05) is 37.5 Å². The second kappa shape index (κ2) is 8.90. The third-order valence-corrected chi connectivity index (χ3v) is 5.48. The minimum absolute atomic E-state index is 0.0287. The van der Waals surface area contributed by atoms with Crippen LogP contribution in [0, 0.1) is 0 Å². The summed E-state index contributed by atoms with van der Waals surface area (Å²) in [5.41, 5.74) is 1.81. The van der Waals surface area contributed by atoms with E-state index in [1.807, 2.05) is 53.6 Å². The number of aromatic nitrogens is 1. The second-order valence-electron chi connectivity index (χ2n) is 6.37. The molecule has 1 aliphatic carbocycles. The molecule has 0 spiro atoms. The molecule has 1 heterocycles. The molecular formula is C20H25N3OS. The zero-order chi connectivity index (χ0) is 17.5. The van der Waals surface area contributed by atoms with Gasteiger partial charge in [-0.05, 0) is 43.4 Å². The van der Waals surface area contributed by atoms with E-state index in [1.54, 1.807) is 18.0 Å². The number of nitrogens with zero attached hydrogens (tertiary/aromatic N) is 2. The molecule has 132 valence electrons. The van der Waals surface area contributed by atoms with Gasteiger partial charge < -0.3 is 10.2 Å². The van der Waals surface area contributed by atoms with E-state index < -0.39 is 0 Å². The smallest absolute Gasteiger partial charge is 0.316 e. The predicted molar refractivity (Wildman–Crippen MR) is 104 cm³/mol. The van der Waals surface area contributed by atoms with Crippen LogP contribution >= 0.6 is 11.8 Å². The van der Waals surface area contributed by atoms with Crippen molar-refractivity contribution in [3.63, 3.8) is 0 Å². The Morgan fingerprint density at radius 1 is 1.16 bits per heavy atom. The van der Waals surface area contributed by atoms with E-state index in [-0.39, 0.29) is 12.1 Å². The summed E-state index contributed by atoms with van der Waals surface area (Å²) in [5, 5.41) is 3.12. The van der Waals surface area contributed by atoms with Crippen molar-refractivity contribution in [3.8, 4) is 0 Å². The van der Waals surface area contributed by atoms with E-state index in [0.29, 0.717) is 6.54 Å². The first-order chi connectivity index (χ1) is 12.3. The van der Waals surface area contributed by atoms with Crippen LogP contribution in [0.5, 0.6) is 0 Å². The molecule has 1 fully saturated rings. The highest BCUT2D eigenvalue weighted by Gasteiger charge is 2.26. The first kappa shape index (κ1) is 17.8. The Kier molecular flexibility index (Phi) is 6.34. The fraction of sp³-hybridized carbons (Fsp3) is 0.400. The van der Waals surface area contributed by atoms with Crippen LogP contribution in [0.15, 0.2) is 53.6 Å². The van der Waals surface area contributed by atoms with Gasteiger partial charge in [0, 0.05) is 17.1 Å². The average Bonchev–Trinajstić information content (AvgIpc) is 2.68. The normalized spacial score (nSPS) is 14.9. The summed E-state index contributed by atoms with van der Waals surface area (Å²) in [6.45, 7) is 0.554. The number of urea groups is 1. The molecule has 0 aliphatic heterocycles. The summed E-state index contributed by atoms with van der Waals surface area (Å²) in [4.78, 5) is 20.5. The number of thioether (sulfide) groups is 1. The number of amides is 2. The van der Waals surface area contributed by atoms with Crippen LogP contribution in [-0.4, -0.2) is 28.2 Å². The van der Waals surface area contributed by atoms with Gasteiger partial charge in [-0.2, -0.15) is 0 Å². The van der Waals surface area contributed by atoms with Crippen LogP contribution in [-0.2, 0) is 6.54 Å². The SMILES string of the molecule is CSc1ccccc1NC(=O)N(Cc1ccccn1)C1CCCCC1. The van der Waals surface area contributed by atoms with E-state index in [4.69, 9.17) is 0 Å². The lowest BCUT2D eigenvalue weighted by Gasteiger charge is -2.34. The van der Waals surface area contributed by atoms with Crippen molar-refractivity contribution < 1.29 is 4.79 Å². The summed E-state index contributed by atoms with van der Waals surface area (Å²) in [5.74, 6) is 0. The lowest BCUT2D eigenvalue weighted by molar-refractivity contribution is 0.161. The molecule has 1 aromatic heterocycles. The summed E-state index contributed by atoms with van der Waals surface area (Å²) < 4.78 is 0. The molecule has 1 saturated carbocycles. The van der Waals surface area contributed by atoms with Crippen LogP contribution in [0.4, 0.5) is 10.5 Å². The minimum atomic E-state index is -0.0287. The maximum atomic E-state index is 13.1. The Hall–Kier alpha value is -2.01. The molecule has 0 radical (unpaired) electrons. The maximum absolute atomic E-state index is 13.1. The quantitative estimate of drug-likeness (QED) is 0.753. The number of carbonyl (C=O) groups excluding carboxylic acids is 1. The molecule has 1 N–H and O–H groups in total. The van der Waals surface area contributed by atoms with Gasteiger partial charge in [0.2, 0.25) is 0 Å². The van der Waals surface area contributed by atoms with Gasteiger partial charge in [0.15, 0.2) is 0 Å². The second-order valence-corrected chi connectivity index (χ2v) is 7.22. The summed E-state index contributed by atoms with van der Waals surface area (Å²) >= 11 is 1.64. The largest absolute Gasteiger partial charge is 0.322 e. The van der Waals surface area contributed by atoms with E-state index in [1.165, 1.54) is 19.3 Å². The molecule has 0 bridgehead atoms. The van der Waals surface area contributed by atoms with Crippen molar-refractivity contribution >= 4 is 23.5 Å². The lowest BCUT2D eigenvalue weighted by atomic mass is 9.94. The molecule has 25 heavy (non-hydrogen) atoms. The predicted octanol–water partition coefficient (Wildman–Crippen LogP) is 5.17. The first-order valence-corrected chi connectivity index (χ1v) is 10.1. The number of hydrogen-bond donors (Lipinski definition) is 1. The minimum Gasteiger partial charge on any atom is -0.316 e. The Bertz CT molecular complexity index is 686. The van der Waals surface area contributed by atoms with Crippen LogP contribution < -0.4 is 5.32 Å². The third-order valence-electron chi connectivity index (χ3n) is 4.68. The third kappa shape index (κ3) is 4.75. The molecule has 0 unspecified atom stereocenters. The van der Waals surface area contributed by atoms with Crippen molar-refractivity contribution in [1.82, 2.24) is 9.88 Å². The van der Waals surface area contributed by atoms with Crippen LogP contribution in [0.25, 0.3) is 0 Å². The number of hydrogen-bond acceptors (Lipinski definition) is 3. The molecule has 3 rings (SSSR count). The molecule has 0 saturated heterocycles. The van der Waals surface area contributed by atoms with E-state index >= 15 is 0 Å². The van der Waals surface area contributed by atoms with E-state index in [9.17, 15) is 4.79 Å². The zero-order valence-electron chi connectivity index (χ0n) is 14.6. The average molecular weight is 356 g/mol. The lowest BCUT2D eigenvalue weighted by Crippen LogP contribution is -2.43. The highest BCUT2D eigenvalue weighted by molar-refractivity contribution is 7.98. The van der Waals surface area contributed by atoms with Crippen LogP contribution in [0.3, 0.4) is 0 Å². The molecule has 1 aliphatic rings. The standard InChI is InChI=1S/C20H25N3OS/c1-25-19-13-6-5-12-18(19)22-20(24)23(17-10-3-2-4-11-17)15-16-9-7-8-14-21-16/h5-9,12-14,17H,2-4,10-11,15H2,1H3,(H,22,24). The van der Waals surface area contributed by atoms with Gasteiger partial charge in [-0.15, -0.1) is 11.8 Å². The number of nitrogens with one attached hydrogen (secondary N) is 1. The molecule has 0 atom stereocenters. The maximum Gasteiger partial charge on any atom is 0.322 e. The topological polar surface area (TPSA) is 45.2 Å². The number of carbonyl (C=O) groups is 1. The summed E-state index contributed by atoms with van der Waals surface area (Å²) in [6, 6.07) is 14.1. The number of rotatable bonds is 5. The fourth-order valence-electron chi connectivity index (χ4n) is 3.36. The van der Waals surface area contributed by atoms with Crippen molar-refractivity contribution in [2.75, 3.05) is 11.6 Å². The van der Waals surface area contributed by atoms with Crippen molar-refractivity contribution in [3.05, 3.63) is 54.4 Å². The van der Waals surface area contributed by atoms with Crippen molar-refractivity contribution in [1.29, 1.82) is 0 Å². The van der Waals surface area contributed by atoms with Gasteiger partial charge in [0.05, 0.1) is 17.9 Å². The molecule has 2 amide bonds. The van der Waals surface area contributed by atoms with Gasteiger partial charge in [-0.3, -0.25) is 4.98 Å². The molecular weight excluding hydrogens is 330 g/mol. The van der Waals surface area contributed by atoms with Crippen LogP contribution in [0.2, 0.25) is 0 Å².